The SMILES string of the molecule is OC1CNCCC1c1ccccc1Nc1ncc(C(F)(F)F)c(N2CCC(F)(F)C2)n1. The van der Waals surface area contributed by atoms with E-state index in [1.807, 2.05) is 6.07 Å². The van der Waals surface area contributed by atoms with Crippen molar-refractivity contribution < 1.29 is 27.1 Å². The Labute approximate surface area is 175 Å². The molecule has 0 aliphatic carbocycles. The fraction of sp³-hybridized carbons (Fsp3) is 0.500. The summed E-state index contributed by atoms with van der Waals surface area (Å²) in [6.45, 7) is 0.0953. The van der Waals surface area contributed by atoms with Gasteiger partial charge >= 0.3 is 6.18 Å². The van der Waals surface area contributed by atoms with Gasteiger partial charge in [0.2, 0.25) is 5.95 Å². The molecule has 0 spiro atoms. The summed E-state index contributed by atoms with van der Waals surface area (Å²) in [5, 5.41) is 16.4. The molecule has 2 aliphatic heterocycles. The Morgan fingerprint density at radius 1 is 1.23 bits per heavy atom. The van der Waals surface area contributed by atoms with Gasteiger partial charge in [0, 0.05) is 37.3 Å². The average Bonchev–Trinajstić information content (AvgIpc) is 3.08. The average molecular weight is 443 g/mol. The van der Waals surface area contributed by atoms with Crippen LogP contribution in [-0.4, -0.2) is 53.3 Å². The normalized spacial score (nSPS) is 23.7. The first-order chi connectivity index (χ1) is 14.6. The first kappa shape index (κ1) is 21.7. The highest BCUT2D eigenvalue weighted by atomic mass is 19.4. The lowest BCUT2D eigenvalue weighted by Crippen LogP contribution is -2.39. The van der Waals surface area contributed by atoms with E-state index in [0.29, 0.717) is 24.8 Å². The number of piperidine rings is 1. The predicted octanol–water partition coefficient (Wildman–Crippen LogP) is 3.52. The van der Waals surface area contributed by atoms with Gasteiger partial charge < -0.3 is 20.6 Å². The lowest BCUT2D eigenvalue weighted by molar-refractivity contribution is -0.137. The lowest BCUT2D eigenvalue weighted by atomic mass is 9.87. The van der Waals surface area contributed by atoms with Crippen LogP contribution in [0.4, 0.5) is 39.4 Å². The third kappa shape index (κ3) is 4.72. The number of hydrogen-bond donors (Lipinski definition) is 3. The van der Waals surface area contributed by atoms with E-state index in [0.717, 1.165) is 17.0 Å². The van der Waals surface area contributed by atoms with Crippen molar-refractivity contribution in [2.45, 2.75) is 37.0 Å². The van der Waals surface area contributed by atoms with E-state index in [9.17, 15) is 27.1 Å². The largest absolute Gasteiger partial charge is 0.421 e. The molecule has 0 bridgehead atoms. The molecular weight excluding hydrogens is 421 g/mol. The van der Waals surface area contributed by atoms with Crippen molar-refractivity contribution >= 4 is 17.5 Å². The minimum atomic E-state index is -4.77. The van der Waals surface area contributed by atoms with Crippen LogP contribution < -0.4 is 15.5 Å². The molecule has 1 aromatic carbocycles. The molecule has 11 heteroatoms. The third-order valence-corrected chi connectivity index (χ3v) is 5.60. The zero-order chi connectivity index (χ0) is 22.2. The predicted molar refractivity (Wildman–Crippen MR) is 105 cm³/mol. The maximum atomic E-state index is 13.6. The highest BCUT2D eigenvalue weighted by Crippen LogP contribution is 2.39. The summed E-state index contributed by atoms with van der Waals surface area (Å²) in [6, 6.07) is 7.09. The third-order valence-electron chi connectivity index (χ3n) is 5.60. The Hall–Kier alpha value is -2.53. The van der Waals surface area contributed by atoms with Gasteiger partial charge in [-0.05, 0) is 24.6 Å². The molecular formula is C20H22F5N5O. The van der Waals surface area contributed by atoms with Crippen LogP contribution in [0, 0.1) is 0 Å². The molecule has 2 saturated heterocycles. The molecule has 2 aliphatic rings. The second-order valence-corrected chi connectivity index (χ2v) is 7.84. The maximum absolute atomic E-state index is 13.6. The van der Waals surface area contributed by atoms with E-state index in [4.69, 9.17) is 0 Å². The van der Waals surface area contributed by atoms with Crippen LogP contribution in [0.25, 0.3) is 0 Å². The molecule has 2 aromatic rings. The van der Waals surface area contributed by atoms with Crippen molar-refractivity contribution in [2.75, 3.05) is 36.4 Å². The van der Waals surface area contributed by atoms with Crippen LogP contribution in [0.1, 0.15) is 29.9 Å². The first-order valence-electron chi connectivity index (χ1n) is 9.96. The fourth-order valence-electron chi connectivity index (χ4n) is 4.05. The van der Waals surface area contributed by atoms with E-state index in [-0.39, 0.29) is 18.4 Å². The number of halogens is 5. The minimum absolute atomic E-state index is 0.130. The topological polar surface area (TPSA) is 73.3 Å². The van der Waals surface area contributed by atoms with E-state index in [2.05, 4.69) is 20.6 Å². The van der Waals surface area contributed by atoms with Crippen LogP contribution in [0.2, 0.25) is 0 Å². The number of aliphatic hydroxyl groups excluding tert-OH is 1. The number of aromatic nitrogens is 2. The summed E-state index contributed by atoms with van der Waals surface area (Å²) in [4.78, 5) is 8.69. The van der Waals surface area contributed by atoms with Crippen molar-refractivity contribution in [2.24, 2.45) is 0 Å². The molecule has 6 nitrogen and oxygen atoms in total. The van der Waals surface area contributed by atoms with Crippen molar-refractivity contribution in [3.8, 4) is 0 Å². The second kappa shape index (κ2) is 8.19. The summed E-state index contributed by atoms with van der Waals surface area (Å²) in [7, 11) is 0. The smallest absolute Gasteiger partial charge is 0.391 e. The minimum Gasteiger partial charge on any atom is -0.391 e. The number of hydrogen-bond acceptors (Lipinski definition) is 6. The van der Waals surface area contributed by atoms with Gasteiger partial charge in [0.15, 0.2) is 0 Å². The summed E-state index contributed by atoms with van der Waals surface area (Å²) in [5.74, 6) is -3.94. The number of anilines is 3. The van der Waals surface area contributed by atoms with Gasteiger partial charge in [0.25, 0.3) is 5.92 Å². The Morgan fingerprint density at radius 2 is 2.00 bits per heavy atom. The maximum Gasteiger partial charge on any atom is 0.421 e. The van der Waals surface area contributed by atoms with Gasteiger partial charge in [-0.3, -0.25) is 0 Å². The van der Waals surface area contributed by atoms with E-state index in [1.54, 1.807) is 18.2 Å². The molecule has 2 fully saturated rings. The summed E-state index contributed by atoms with van der Waals surface area (Å²) in [5.41, 5.74) is 0.179. The van der Waals surface area contributed by atoms with Gasteiger partial charge in [-0.25, -0.2) is 13.8 Å². The molecule has 0 amide bonds. The Kier molecular flexibility index (Phi) is 5.73. The van der Waals surface area contributed by atoms with Crippen molar-refractivity contribution in [3.63, 3.8) is 0 Å². The number of nitrogens with one attached hydrogen (secondary N) is 2. The fourth-order valence-corrected chi connectivity index (χ4v) is 4.05. The Morgan fingerprint density at radius 3 is 2.68 bits per heavy atom. The summed E-state index contributed by atoms with van der Waals surface area (Å²) in [6.07, 6.45) is -4.63. The molecule has 3 heterocycles. The standard InChI is InChI=1S/C20H22F5N5O/c21-19(22)6-8-30(11-19)17-14(20(23,24)25)9-27-18(29-17)28-15-4-2-1-3-12(15)13-5-7-26-10-16(13)31/h1-4,9,13,16,26,31H,5-8,10-11H2,(H,27,28,29). The van der Waals surface area contributed by atoms with E-state index in [1.165, 1.54) is 0 Å². The van der Waals surface area contributed by atoms with Crippen molar-refractivity contribution in [3.05, 3.63) is 41.6 Å². The van der Waals surface area contributed by atoms with E-state index < -0.39 is 42.5 Å². The Bertz CT molecular complexity index is 938. The quantitative estimate of drug-likeness (QED) is 0.628. The number of aliphatic hydroxyl groups is 1. The second-order valence-electron chi connectivity index (χ2n) is 7.84. The molecule has 2 unspecified atom stereocenters. The van der Waals surface area contributed by atoms with Crippen LogP contribution in [-0.2, 0) is 6.18 Å². The van der Waals surface area contributed by atoms with Gasteiger partial charge in [-0.15, -0.1) is 0 Å². The zero-order valence-electron chi connectivity index (χ0n) is 16.5. The number of nitrogens with zero attached hydrogens (tertiary/aromatic N) is 3. The van der Waals surface area contributed by atoms with Crippen LogP contribution in [0.5, 0.6) is 0 Å². The number of rotatable bonds is 4. The van der Waals surface area contributed by atoms with Crippen LogP contribution in [0.3, 0.4) is 0 Å². The molecule has 2 atom stereocenters. The lowest BCUT2D eigenvalue weighted by Gasteiger charge is -2.30. The molecule has 1 aromatic heterocycles. The van der Waals surface area contributed by atoms with Crippen molar-refractivity contribution in [1.29, 1.82) is 0 Å². The number of benzene rings is 1. The first-order valence-corrected chi connectivity index (χ1v) is 9.96. The number of para-hydroxylation sites is 1. The summed E-state index contributed by atoms with van der Waals surface area (Å²) >= 11 is 0. The van der Waals surface area contributed by atoms with Crippen molar-refractivity contribution in [1.82, 2.24) is 15.3 Å². The molecule has 0 saturated carbocycles. The number of β-amino-alcohol motifs (C(OH)–C–C–N with tert-alkyl or cyclic N) is 1. The Balaban J connectivity index is 1.67. The molecule has 0 radical (unpaired) electrons. The summed E-state index contributed by atoms with van der Waals surface area (Å²) < 4.78 is 67.6. The van der Waals surface area contributed by atoms with Gasteiger partial charge in [-0.2, -0.15) is 18.2 Å². The molecule has 31 heavy (non-hydrogen) atoms. The molecule has 3 N–H and O–H groups in total. The van der Waals surface area contributed by atoms with Crippen LogP contribution >= 0.6 is 0 Å². The molecule has 168 valence electrons. The van der Waals surface area contributed by atoms with E-state index >= 15 is 0 Å². The number of alkyl halides is 5. The monoisotopic (exact) mass is 443 g/mol. The van der Waals surface area contributed by atoms with Crippen LogP contribution in [0.15, 0.2) is 30.5 Å². The zero-order valence-corrected chi connectivity index (χ0v) is 16.5. The highest BCUT2D eigenvalue weighted by molar-refractivity contribution is 5.62. The highest BCUT2D eigenvalue weighted by Gasteiger charge is 2.43. The molecule has 4 rings (SSSR count). The van der Waals surface area contributed by atoms with Gasteiger partial charge in [0.1, 0.15) is 11.4 Å². The van der Waals surface area contributed by atoms with Gasteiger partial charge in [-0.1, -0.05) is 18.2 Å². The van der Waals surface area contributed by atoms with Gasteiger partial charge in [0.05, 0.1) is 12.6 Å².